The van der Waals surface area contributed by atoms with Gasteiger partial charge in [-0.2, -0.15) is 0 Å². The molecule has 0 unspecified atom stereocenters. The van der Waals surface area contributed by atoms with Crippen molar-refractivity contribution in [2.45, 2.75) is 38.1 Å². The number of hydrogen-bond donors (Lipinski definition) is 0. The van der Waals surface area contributed by atoms with Gasteiger partial charge in [0.05, 0.1) is 17.4 Å². The van der Waals surface area contributed by atoms with E-state index >= 15 is 0 Å². The van der Waals surface area contributed by atoms with Crippen LogP contribution in [-0.4, -0.2) is 16.7 Å². The summed E-state index contributed by atoms with van der Waals surface area (Å²) >= 11 is 0. The Bertz CT molecular complexity index is 513. The molecular weight excluding hydrogens is 244 g/mol. The van der Waals surface area contributed by atoms with Gasteiger partial charge in [-0.15, -0.1) is 0 Å². The molecule has 2 aromatic rings. The van der Waals surface area contributed by atoms with E-state index in [0.717, 1.165) is 17.0 Å². The largest absolute Gasteiger partial charge is 0.279 e. The second-order valence-electron chi connectivity index (χ2n) is 5.35. The Morgan fingerprint density at radius 3 is 2.35 bits per heavy atom. The quantitative estimate of drug-likeness (QED) is 0.761. The van der Waals surface area contributed by atoms with E-state index in [0.29, 0.717) is 6.04 Å². The molecule has 1 heterocycles. The van der Waals surface area contributed by atoms with E-state index in [1.807, 2.05) is 24.4 Å². The maximum absolute atomic E-state index is 5.03. The third-order valence-electron chi connectivity index (χ3n) is 3.84. The van der Waals surface area contributed by atoms with Crippen LogP contribution in [0.1, 0.15) is 43.4 Å². The summed E-state index contributed by atoms with van der Waals surface area (Å²) in [5, 5.41) is 0. The molecule has 0 atom stereocenters. The number of benzene rings is 1. The van der Waals surface area contributed by atoms with E-state index < -0.39 is 0 Å². The maximum Gasteiger partial charge on any atom is 0.0906 e. The van der Waals surface area contributed by atoms with Crippen molar-refractivity contribution >= 4 is 5.71 Å². The number of hydrogen-bond acceptors (Lipinski definition) is 2. The average Bonchev–Trinajstić information content (AvgIpc) is 2.55. The molecule has 1 aromatic carbocycles. The van der Waals surface area contributed by atoms with Gasteiger partial charge in [0.2, 0.25) is 0 Å². The molecule has 0 bridgehead atoms. The number of rotatable bonds is 3. The van der Waals surface area contributed by atoms with Crippen molar-refractivity contribution in [1.29, 1.82) is 0 Å². The SMILES string of the molecule is c1ccc(C(=NC2CCCCC2)c2ccccn2)cc1. The summed E-state index contributed by atoms with van der Waals surface area (Å²) in [5.74, 6) is 0. The van der Waals surface area contributed by atoms with Gasteiger partial charge in [0.15, 0.2) is 0 Å². The molecule has 0 aliphatic heterocycles. The lowest BCUT2D eigenvalue weighted by molar-refractivity contribution is 0.443. The molecule has 1 fully saturated rings. The standard InChI is InChI=1S/C18H20N2/c1-3-9-15(10-4-1)18(17-13-7-8-14-19-17)20-16-11-5-2-6-12-16/h1,3-4,7-10,13-14,16H,2,5-6,11-12H2. The van der Waals surface area contributed by atoms with Gasteiger partial charge in [-0.1, -0.05) is 55.7 Å². The predicted molar refractivity (Wildman–Crippen MR) is 83.2 cm³/mol. The molecule has 2 nitrogen and oxygen atoms in total. The van der Waals surface area contributed by atoms with Crippen molar-refractivity contribution < 1.29 is 0 Å². The Morgan fingerprint density at radius 2 is 1.65 bits per heavy atom. The lowest BCUT2D eigenvalue weighted by Gasteiger charge is -2.19. The highest BCUT2D eigenvalue weighted by Crippen LogP contribution is 2.22. The van der Waals surface area contributed by atoms with E-state index in [1.165, 1.54) is 32.1 Å². The van der Waals surface area contributed by atoms with E-state index in [-0.39, 0.29) is 0 Å². The Balaban J connectivity index is 1.97. The molecule has 20 heavy (non-hydrogen) atoms. The first-order valence-corrected chi connectivity index (χ1v) is 7.48. The van der Waals surface area contributed by atoms with Crippen LogP contribution < -0.4 is 0 Å². The van der Waals surface area contributed by atoms with E-state index in [2.05, 4.69) is 35.3 Å². The van der Waals surface area contributed by atoms with Crippen LogP contribution in [0.15, 0.2) is 59.7 Å². The molecule has 102 valence electrons. The van der Waals surface area contributed by atoms with Crippen LogP contribution in [0.3, 0.4) is 0 Å². The number of nitrogens with zero attached hydrogens (tertiary/aromatic N) is 2. The molecule has 1 aromatic heterocycles. The average molecular weight is 264 g/mol. The summed E-state index contributed by atoms with van der Waals surface area (Å²) in [6, 6.07) is 16.9. The highest BCUT2D eigenvalue weighted by Gasteiger charge is 2.15. The first kappa shape index (κ1) is 13.0. The molecule has 1 aliphatic rings. The first-order chi connectivity index (χ1) is 9.93. The second kappa shape index (κ2) is 6.47. The fraction of sp³-hybridized carbons (Fsp3) is 0.333. The molecule has 0 N–H and O–H groups in total. The van der Waals surface area contributed by atoms with Gasteiger partial charge in [0, 0.05) is 11.8 Å². The van der Waals surface area contributed by atoms with E-state index in [4.69, 9.17) is 4.99 Å². The summed E-state index contributed by atoms with van der Waals surface area (Å²) in [4.78, 5) is 9.52. The monoisotopic (exact) mass is 264 g/mol. The normalized spacial score (nSPS) is 17.1. The van der Waals surface area contributed by atoms with Gasteiger partial charge < -0.3 is 0 Å². The maximum atomic E-state index is 5.03. The molecule has 0 radical (unpaired) electrons. The summed E-state index contributed by atoms with van der Waals surface area (Å²) in [5.41, 5.74) is 3.18. The van der Waals surface area contributed by atoms with Crippen molar-refractivity contribution in [3.63, 3.8) is 0 Å². The van der Waals surface area contributed by atoms with Crippen molar-refractivity contribution in [1.82, 2.24) is 4.98 Å². The minimum absolute atomic E-state index is 0.459. The highest BCUT2D eigenvalue weighted by atomic mass is 14.8. The number of aliphatic imine (C=N–C) groups is 1. The van der Waals surface area contributed by atoms with Crippen molar-refractivity contribution in [3.8, 4) is 0 Å². The van der Waals surface area contributed by atoms with Crippen LogP contribution in [-0.2, 0) is 0 Å². The van der Waals surface area contributed by atoms with Crippen LogP contribution in [0.2, 0.25) is 0 Å². The van der Waals surface area contributed by atoms with Gasteiger partial charge >= 0.3 is 0 Å². The predicted octanol–water partition coefficient (Wildman–Crippen LogP) is 4.25. The molecule has 3 rings (SSSR count). The van der Waals surface area contributed by atoms with Crippen molar-refractivity contribution in [3.05, 3.63) is 66.0 Å². The third kappa shape index (κ3) is 3.13. The lowest BCUT2D eigenvalue weighted by Crippen LogP contribution is -2.15. The smallest absolute Gasteiger partial charge is 0.0906 e. The molecule has 1 aliphatic carbocycles. The van der Waals surface area contributed by atoms with Gasteiger partial charge in [-0.05, 0) is 25.0 Å². The Labute approximate surface area is 120 Å². The van der Waals surface area contributed by atoms with E-state index in [1.54, 1.807) is 0 Å². The number of aromatic nitrogens is 1. The zero-order chi connectivity index (χ0) is 13.6. The first-order valence-electron chi connectivity index (χ1n) is 7.48. The van der Waals surface area contributed by atoms with Crippen molar-refractivity contribution in [2.75, 3.05) is 0 Å². The summed E-state index contributed by atoms with van der Waals surface area (Å²) in [6.07, 6.45) is 8.23. The van der Waals surface area contributed by atoms with Crippen LogP contribution in [0.5, 0.6) is 0 Å². The van der Waals surface area contributed by atoms with Gasteiger partial charge in [-0.25, -0.2) is 0 Å². The van der Waals surface area contributed by atoms with Crippen LogP contribution in [0, 0.1) is 0 Å². The third-order valence-corrected chi connectivity index (χ3v) is 3.84. The summed E-state index contributed by atoms with van der Waals surface area (Å²) < 4.78 is 0. The van der Waals surface area contributed by atoms with Crippen LogP contribution in [0.4, 0.5) is 0 Å². The Kier molecular flexibility index (Phi) is 4.22. The minimum Gasteiger partial charge on any atom is -0.279 e. The van der Waals surface area contributed by atoms with Gasteiger partial charge in [-0.3, -0.25) is 9.98 Å². The molecule has 0 amide bonds. The van der Waals surface area contributed by atoms with Crippen LogP contribution >= 0.6 is 0 Å². The zero-order valence-corrected chi connectivity index (χ0v) is 11.7. The second-order valence-corrected chi connectivity index (χ2v) is 5.35. The molecule has 0 saturated heterocycles. The highest BCUT2D eigenvalue weighted by molar-refractivity contribution is 6.11. The molecule has 1 saturated carbocycles. The zero-order valence-electron chi connectivity index (χ0n) is 11.7. The summed E-state index contributed by atoms with van der Waals surface area (Å²) in [7, 11) is 0. The number of pyridine rings is 1. The Morgan fingerprint density at radius 1 is 0.900 bits per heavy atom. The topological polar surface area (TPSA) is 25.2 Å². The lowest BCUT2D eigenvalue weighted by atomic mass is 9.95. The molecular formula is C18H20N2. The van der Waals surface area contributed by atoms with Gasteiger partial charge in [0.25, 0.3) is 0 Å². The Hall–Kier alpha value is -1.96. The minimum atomic E-state index is 0.459. The van der Waals surface area contributed by atoms with Crippen molar-refractivity contribution in [2.24, 2.45) is 4.99 Å². The van der Waals surface area contributed by atoms with Gasteiger partial charge in [0.1, 0.15) is 0 Å². The fourth-order valence-corrected chi connectivity index (χ4v) is 2.78. The van der Waals surface area contributed by atoms with E-state index in [9.17, 15) is 0 Å². The molecule has 2 heteroatoms. The molecule has 0 spiro atoms. The summed E-state index contributed by atoms with van der Waals surface area (Å²) in [6.45, 7) is 0. The van der Waals surface area contributed by atoms with Crippen LogP contribution in [0.25, 0.3) is 0 Å². The fourth-order valence-electron chi connectivity index (χ4n) is 2.78.